The Kier molecular flexibility index (Phi) is 14.3. The smallest absolute Gasteiger partial charge is 0.0636 e. The zero-order valence-electron chi connectivity index (χ0n) is 23.4. The van der Waals surface area contributed by atoms with Crippen molar-refractivity contribution in [1.29, 1.82) is 0 Å². The van der Waals surface area contributed by atoms with Crippen molar-refractivity contribution >= 4 is 34.3 Å². The van der Waals surface area contributed by atoms with Gasteiger partial charge in [0.2, 0.25) is 0 Å². The lowest BCUT2D eigenvalue weighted by Crippen LogP contribution is -2.19. The number of fused-ring (bicyclic) bond motifs is 3. The van der Waals surface area contributed by atoms with Crippen molar-refractivity contribution in [3.8, 4) is 0 Å². The number of hydrazine groups is 1. The van der Waals surface area contributed by atoms with Crippen LogP contribution in [0.15, 0.2) is 127 Å². The van der Waals surface area contributed by atoms with E-state index in [1.54, 1.807) is 18.8 Å². The van der Waals surface area contributed by atoms with Crippen molar-refractivity contribution in [2.45, 2.75) is 38.1 Å². The predicted molar refractivity (Wildman–Crippen MR) is 175 cm³/mol. The van der Waals surface area contributed by atoms with E-state index in [1.165, 1.54) is 32.8 Å². The molecule has 0 spiro atoms. The first-order valence-corrected chi connectivity index (χ1v) is 14.1. The first kappa shape index (κ1) is 31.4. The SMILES string of the molecule is C=C1CC/C=C\Sc2c1ccc1c2N(Cc2ccccc2)/C=C\C=C/C1=C.CC.CNN.Nc1ccccc1. The maximum absolute atomic E-state index is 5.36. The molecule has 0 unspecified atom stereocenters. The lowest BCUT2D eigenvalue weighted by Gasteiger charge is -2.29. The molecule has 0 bridgehead atoms. The van der Waals surface area contributed by atoms with Gasteiger partial charge in [0.05, 0.1) is 5.69 Å². The van der Waals surface area contributed by atoms with Crippen molar-refractivity contribution in [3.63, 3.8) is 0 Å². The number of allylic oxidation sites excluding steroid dienone is 6. The number of hydrogen-bond donors (Lipinski definition) is 3. The van der Waals surface area contributed by atoms with Gasteiger partial charge in [0.25, 0.3) is 0 Å². The van der Waals surface area contributed by atoms with Gasteiger partial charge >= 0.3 is 0 Å². The highest BCUT2D eigenvalue weighted by atomic mass is 32.2. The minimum Gasteiger partial charge on any atom is -0.399 e. The third-order valence-electron chi connectivity index (χ3n) is 5.71. The molecule has 3 aromatic carbocycles. The zero-order chi connectivity index (χ0) is 28.5. The second kappa shape index (κ2) is 17.7. The fraction of sp³-hybridized carbons (Fsp3) is 0.176. The third-order valence-corrected chi connectivity index (χ3v) is 6.69. The normalized spacial score (nSPS) is 15.8. The molecule has 204 valence electrons. The van der Waals surface area contributed by atoms with Crippen molar-refractivity contribution in [2.75, 3.05) is 17.7 Å². The number of nitrogens with one attached hydrogen (secondary N) is 1. The molecule has 0 amide bonds. The van der Waals surface area contributed by atoms with Crippen LogP contribution in [0.3, 0.4) is 0 Å². The monoisotopic (exact) mass is 538 g/mol. The van der Waals surface area contributed by atoms with E-state index in [-0.39, 0.29) is 0 Å². The fourth-order valence-electron chi connectivity index (χ4n) is 3.94. The number of rotatable bonds is 2. The standard InChI is InChI=1S/C25H23NS.C6H7N.C2H6.CH6N2/c1-19-10-6-8-16-26(18-21-12-4-3-5-13-21)24-22(19)14-15-23-20(2)11-7-9-17-27-25(23)24;7-6-4-2-1-3-5-6;1-2;1-3-2/h3-6,8-10,12-17H,1-2,7,11,18H2;1-5H,7H2;1-2H3;3H,2H2,1H3/b10-6-,16-8-,17-9-;;;. The number of anilines is 2. The van der Waals surface area contributed by atoms with Gasteiger partial charge in [0.15, 0.2) is 0 Å². The minimum atomic E-state index is 0.818. The van der Waals surface area contributed by atoms with Crippen LogP contribution in [0.1, 0.15) is 43.4 Å². The van der Waals surface area contributed by atoms with E-state index in [1.807, 2.05) is 44.2 Å². The van der Waals surface area contributed by atoms with Gasteiger partial charge < -0.3 is 10.6 Å². The molecule has 2 aliphatic rings. The Morgan fingerprint density at radius 2 is 1.51 bits per heavy atom. The number of benzene rings is 3. The summed E-state index contributed by atoms with van der Waals surface area (Å²) < 4.78 is 0. The van der Waals surface area contributed by atoms with Crippen LogP contribution < -0.4 is 21.9 Å². The quantitative estimate of drug-likeness (QED) is 0.173. The lowest BCUT2D eigenvalue weighted by molar-refractivity contribution is 0.900. The number of hydrogen-bond acceptors (Lipinski definition) is 5. The van der Waals surface area contributed by atoms with E-state index in [0.29, 0.717) is 0 Å². The van der Waals surface area contributed by atoms with Gasteiger partial charge in [0.1, 0.15) is 0 Å². The van der Waals surface area contributed by atoms with E-state index in [0.717, 1.165) is 30.6 Å². The molecule has 0 radical (unpaired) electrons. The highest BCUT2D eigenvalue weighted by Crippen LogP contribution is 2.44. The van der Waals surface area contributed by atoms with Crippen LogP contribution >= 0.6 is 11.8 Å². The molecule has 2 aliphatic heterocycles. The Morgan fingerprint density at radius 3 is 2.13 bits per heavy atom. The van der Waals surface area contributed by atoms with E-state index >= 15 is 0 Å². The van der Waals surface area contributed by atoms with Crippen LogP contribution in [0.5, 0.6) is 0 Å². The lowest BCUT2D eigenvalue weighted by atomic mass is 9.95. The molecule has 4 nitrogen and oxygen atoms in total. The summed E-state index contributed by atoms with van der Waals surface area (Å²) in [5.41, 5.74) is 15.6. The number of nitrogens with zero attached hydrogens (tertiary/aromatic N) is 1. The van der Waals surface area contributed by atoms with Gasteiger partial charge in [-0.05, 0) is 65.8 Å². The molecule has 0 saturated carbocycles. The van der Waals surface area contributed by atoms with Gasteiger partial charge in [-0.1, -0.05) is 118 Å². The largest absolute Gasteiger partial charge is 0.399 e. The van der Waals surface area contributed by atoms with E-state index in [4.69, 9.17) is 5.73 Å². The predicted octanol–water partition coefficient (Wildman–Crippen LogP) is 8.58. The van der Waals surface area contributed by atoms with Crippen LogP contribution in [0.4, 0.5) is 11.4 Å². The van der Waals surface area contributed by atoms with Crippen LogP contribution in [0.2, 0.25) is 0 Å². The fourth-order valence-corrected chi connectivity index (χ4v) is 4.99. The minimum absolute atomic E-state index is 0.818. The van der Waals surface area contributed by atoms with Crippen LogP contribution in [-0.4, -0.2) is 7.05 Å². The molecule has 0 aromatic heterocycles. The summed E-state index contributed by atoms with van der Waals surface area (Å²) in [7, 11) is 1.65. The highest BCUT2D eigenvalue weighted by molar-refractivity contribution is 8.02. The Bertz CT molecular complexity index is 1260. The first-order chi connectivity index (χ1) is 19.0. The van der Waals surface area contributed by atoms with Crippen LogP contribution in [-0.2, 0) is 6.54 Å². The molecule has 5 N–H and O–H groups in total. The van der Waals surface area contributed by atoms with Gasteiger partial charge in [-0.2, -0.15) is 0 Å². The maximum Gasteiger partial charge on any atom is 0.0636 e. The van der Waals surface area contributed by atoms with Crippen LogP contribution in [0.25, 0.3) is 11.1 Å². The van der Waals surface area contributed by atoms with Gasteiger partial charge in [-0.25, -0.2) is 0 Å². The second-order valence-corrected chi connectivity index (χ2v) is 9.43. The number of nitrogens with two attached hydrogens (primary N) is 2. The highest BCUT2D eigenvalue weighted by Gasteiger charge is 2.21. The molecule has 2 heterocycles. The zero-order valence-corrected chi connectivity index (χ0v) is 24.3. The summed E-state index contributed by atoms with van der Waals surface area (Å²) in [4.78, 5) is 3.61. The summed E-state index contributed by atoms with van der Waals surface area (Å²) in [6, 6.07) is 24.5. The van der Waals surface area contributed by atoms with E-state index < -0.39 is 0 Å². The topological polar surface area (TPSA) is 67.3 Å². The molecule has 0 saturated heterocycles. The number of nitrogen functional groups attached to an aromatic ring is 1. The summed E-state index contributed by atoms with van der Waals surface area (Å²) >= 11 is 1.79. The van der Waals surface area contributed by atoms with Gasteiger partial charge in [0, 0.05) is 28.9 Å². The Balaban J connectivity index is 0.000000374. The van der Waals surface area contributed by atoms with Crippen molar-refractivity contribution in [3.05, 3.63) is 139 Å². The number of thioether (sulfide) groups is 1. The summed E-state index contributed by atoms with van der Waals surface area (Å²) in [6.07, 6.45) is 12.7. The van der Waals surface area contributed by atoms with Crippen molar-refractivity contribution in [1.82, 2.24) is 5.43 Å². The Hall–Kier alpha value is -3.77. The molecule has 0 fully saturated rings. The Morgan fingerprint density at radius 1 is 0.897 bits per heavy atom. The van der Waals surface area contributed by atoms with Gasteiger partial charge in [-0.3, -0.25) is 11.3 Å². The van der Waals surface area contributed by atoms with E-state index in [9.17, 15) is 0 Å². The summed E-state index contributed by atoms with van der Waals surface area (Å²) in [5.74, 6) is 4.60. The van der Waals surface area contributed by atoms with Crippen molar-refractivity contribution in [2.24, 2.45) is 5.84 Å². The molecule has 0 aliphatic carbocycles. The first-order valence-electron chi connectivity index (χ1n) is 13.2. The average molecular weight is 539 g/mol. The molecule has 3 aromatic rings. The molecular formula is C34H42N4S. The molecule has 5 heteroatoms. The van der Waals surface area contributed by atoms with Crippen molar-refractivity contribution < 1.29 is 0 Å². The summed E-state index contributed by atoms with van der Waals surface area (Å²) in [5, 5.41) is 2.22. The molecular weight excluding hydrogens is 496 g/mol. The molecule has 39 heavy (non-hydrogen) atoms. The Labute approximate surface area is 239 Å². The average Bonchev–Trinajstić information content (AvgIpc) is 2.95. The van der Waals surface area contributed by atoms with E-state index in [2.05, 4.69) is 108 Å². The molecule has 5 rings (SSSR count). The molecule has 0 atom stereocenters. The third kappa shape index (κ3) is 9.80. The van der Waals surface area contributed by atoms with Gasteiger partial charge in [-0.15, -0.1) is 0 Å². The maximum atomic E-state index is 5.36. The number of para-hydroxylation sites is 1. The second-order valence-electron chi connectivity index (χ2n) is 8.51. The van der Waals surface area contributed by atoms with Crippen LogP contribution in [0, 0.1) is 0 Å². The summed E-state index contributed by atoms with van der Waals surface area (Å²) in [6.45, 7) is 13.5.